The van der Waals surface area contributed by atoms with Crippen molar-refractivity contribution in [3.05, 3.63) is 28.0 Å². The van der Waals surface area contributed by atoms with E-state index in [0.29, 0.717) is 61.4 Å². The summed E-state index contributed by atoms with van der Waals surface area (Å²) >= 11 is 13.1. The van der Waals surface area contributed by atoms with E-state index in [1.165, 1.54) is 0 Å². The van der Waals surface area contributed by atoms with Crippen molar-refractivity contribution in [2.24, 2.45) is 12.8 Å². The van der Waals surface area contributed by atoms with Crippen molar-refractivity contribution in [3.8, 4) is 11.3 Å². The molecule has 5 rings (SSSR count). The molecular weight excluding hydrogens is 454 g/mol. The Morgan fingerprint density at radius 3 is 2.81 bits per heavy atom. The Hall–Kier alpha value is -2.49. The number of nitrogens with zero attached hydrogens (tertiary/aromatic N) is 6. The Morgan fingerprint density at radius 1 is 1.25 bits per heavy atom. The average Bonchev–Trinajstić information content (AvgIpc) is 3.29. The van der Waals surface area contributed by atoms with Gasteiger partial charge in [-0.15, -0.1) is 0 Å². The van der Waals surface area contributed by atoms with Gasteiger partial charge in [-0.25, -0.2) is 14.4 Å². The molecule has 32 heavy (non-hydrogen) atoms. The lowest BCUT2D eigenvalue weighted by Crippen LogP contribution is -2.51. The predicted octanol–water partition coefficient (Wildman–Crippen LogP) is 4.18. The normalized spacial score (nSPS) is 21.5. The summed E-state index contributed by atoms with van der Waals surface area (Å²) in [5, 5.41) is 13.3. The van der Waals surface area contributed by atoms with E-state index in [0.717, 1.165) is 12.8 Å². The zero-order valence-electron chi connectivity index (χ0n) is 17.9. The van der Waals surface area contributed by atoms with Gasteiger partial charge < -0.3 is 10.6 Å². The second kappa shape index (κ2) is 7.83. The third-order valence-electron chi connectivity index (χ3n) is 6.31. The van der Waals surface area contributed by atoms with Crippen molar-refractivity contribution in [2.45, 2.75) is 44.4 Å². The molecule has 168 valence electrons. The minimum atomic E-state index is -1.11. The van der Waals surface area contributed by atoms with Gasteiger partial charge in [-0.3, -0.25) is 9.78 Å². The Kier molecular flexibility index (Phi) is 5.22. The monoisotopic (exact) mass is 476 g/mol. The summed E-state index contributed by atoms with van der Waals surface area (Å²) in [5.41, 5.74) is 9.66. The SMILES string of the molecule is Cc1nc2c(-c3ccc4nn(C)c(Cl)c4c3Cl)n[nH]c2nc1N(C)[C@@H]1CCC[C@H](N)[C@@H]1F. The van der Waals surface area contributed by atoms with Crippen LogP contribution in [-0.2, 0) is 7.05 Å². The number of rotatable bonds is 3. The topological polar surface area (TPSA) is 102 Å². The number of nitrogens with one attached hydrogen (secondary N) is 1. The van der Waals surface area contributed by atoms with Crippen molar-refractivity contribution in [1.82, 2.24) is 29.9 Å². The molecule has 0 saturated heterocycles. The fourth-order valence-electron chi connectivity index (χ4n) is 4.56. The van der Waals surface area contributed by atoms with Crippen LogP contribution in [0.4, 0.5) is 10.2 Å². The Morgan fingerprint density at radius 2 is 2.03 bits per heavy atom. The molecule has 3 N–H and O–H groups in total. The molecule has 0 aliphatic heterocycles. The second-order valence-electron chi connectivity index (χ2n) is 8.36. The first-order valence-electron chi connectivity index (χ1n) is 10.4. The fourth-order valence-corrected chi connectivity index (χ4v) is 5.18. The van der Waals surface area contributed by atoms with Gasteiger partial charge in [0.2, 0.25) is 0 Å². The molecule has 1 saturated carbocycles. The number of H-pyrrole nitrogens is 1. The van der Waals surface area contributed by atoms with Crippen LogP contribution in [0, 0.1) is 6.92 Å². The number of aromatic nitrogens is 6. The number of aryl methyl sites for hydroxylation is 2. The highest BCUT2D eigenvalue weighted by Gasteiger charge is 2.35. The number of aromatic amines is 1. The molecule has 8 nitrogen and oxygen atoms in total. The molecule has 11 heteroatoms. The highest BCUT2D eigenvalue weighted by atomic mass is 35.5. The molecular formula is C21H23Cl2FN8. The van der Waals surface area contributed by atoms with Crippen LogP contribution in [0.5, 0.6) is 0 Å². The van der Waals surface area contributed by atoms with Gasteiger partial charge in [0.15, 0.2) is 11.5 Å². The molecule has 3 atom stereocenters. The van der Waals surface area contributed by atoms with Gasteiger partial charge in [0.05, 0.1) is 27.7 Å². The van der Waals surface area contributed by atoms with Gasteiger partial charge in [-0.05, 0) is 38.3 Å². The quantitative estimate of drug-likeness (QED) is 0.459. The summed E-state index contributed by atoms with van der Waals surface area (Å²) in [6.45, 7) is 1.85. The Bertz CT molecular complexity index is 1330. The number of fused-ring (bicyclic) bond motifs is 2. The minimum absolute atomic E-state index is 0.337. The van der Waals surface area contributed by atoms with Crippen LogP contribution in [0.1, 0.15) is 25.0 Å². The number of benzene rings is 1. The molecule has 0 unspecified atom stereocenters. The molecule has 0 spiro atoms. The maximum Gasteiger partial charge on any atom is 0.177 e. The van der Waals surface area contributed by atoms with Gasteiger partial charge >= 0.3 is 0 Å². The van der Waals surface area contributed by atoms with Gasteiger partial charge in [0, 0.05) is 25.7 Å². The zero-order valence-corrected chi connectivity index (χ0v) is 19.4. The van der Waals surface area contributed by atoms with E-state index in [-0.39, 0.29) is 6.04 Å². The maximum atomic E-state index is 14.8. The van der Waals surface area contributed by atoms with Crippen LogP contribution in [0.25, 0.3) is 33.3 Å². The second-order valence-corrected chi connectivity index (χ2v) is 9.09. The summed E-state index contributed by atoms with van der Waals surface area (Å²) < 4.78 is 16.4. The molecule has 1 fully saturated rings. The highest BCUT2D eigenvalue weighted by molar-refractivity contribution is 6.43. The van der Waals surface area contributed by atoms with Gasteiger partial charge in [-0.1, -0.05) is 23.2 Å². The molecule has 1 aliphatic rings. The van der Waals surface area contributed by atoms with Crippen LogP contribution in [0.2, 0.25) is 10.2 Å². The van der Waals surface area contributed by atoms with Crippen molar-refractivity contribution in [1.29, 1.82) is 0 Å². The maximum absolute atomic E-state index is 14.8. The van der Waals surface area contributed by atoms with E-state index in [9.17, 15) is 4.39 Å². The molecule has 4 aromatic rings. The third-order valence-corrected chi connectivity index (χ3v) is 7.14. The number of anilines is 1. The summed E-state index contributed by atoms with van der Waals surface area (Å²) in [7, 11) is 3.60. The van der Waals surface area contributed by atoms with Crippen LogP contribution in [0.15, 0.2) is 12.1 Å². The van der Waals surface area contributed by atoms with Crippen LogP contribution >= 0.6 is 23.2 Å². The molecule has 1 aliphatic carbocycles. The van der Waals surface area contributed by atoms with E-state index in [1.807, 2.05) is 31.0 Å². The molecule has 1 aromatic carbocycles. The minimum Gasteiger partial charge on any atom is -0.352 e. The van der Waals surface area contributed by atoms with Crippen LogP contribution in [-0.4, -0.2) is 55.2 Å². The van der Waals surface area contributed by atoms with E-state index >= 15 is 0 Å². The first-order chi connectivity index (χ1) is 15.3. The van der Waals surface area contributed by atoms with E-state index in [4.69, 9.17) is 38.9 Å². The molecule has 3 heterocycles. The predicted molar refractivity (Wildman–Crippen MR) is 125 cm³/mol. The Labute approximate surface area is 193 Å². The van der Waals surface area contributed by atoms with Crippen molar-refractivity contribution in [3.63, 3.8) is 0 Å². The summed E-state index contributed by atoms with van der Waals surface area (Å²) in [6, 6.07) is 2.90. The standard InChI is InChI=1S/C21H23Cl2FN8/c1-9-21(31(2)13-6-4-5-11(25)16(13)24)27-20-18(26-9)17(28-29-20)10-7-8-12-14(15(10)22)19(23)32(3)30-12/h7-8,11,13,16H,4-6,25H2,1-3H3,(H,27,28,29)/t11-,13+,16-/m0/s1. The summed E-state index contributed by atoms with van der Waals surface area (Å²) in [4.78, 5) is 11.3. The largest absolute Gasteiger partial charge is 0.352 e. The van der Waals surface area contributed by atoms with Gasteiger partial charge in [0.25, 0.3) is 0 Å². The van der Waals surface area contributed by atoms with E-state index < -0.39 is 12.2 Å². The highest BCUT2D eigenvalue weighted by Crippen LogP contribution is 2.39. The van der Waals surface area contributed by atoms with E-state index in [2.05, 4.69) is 15.3 Å². The molecule has 0 bridgehead atoms. The number of hydrogen-bond donors (Lipinski definition) is 2. The summed E-state index contributed by atoms with van der Waals surface area (Å²) in [5.74, 6) is 0.603. The first kappa shape index (κ1) is 21.4. The number of hydrogen-bond acceptors (Lipinski definition) is 6. The van der Waals surface area contributed by atoms with Crippen molar-refractivity contribution < 1.29 is 4.39 Å². The zero-order chi connectivity index (χ0) is 22.7. The van der Waals surface area contributed by atoms with Crippen LogP contribution < -0.4 is 10.6 Å². The number of nitrogens with two attached hydrogens (primary N) is 1. The van der Waals surface area contributed by atoms with Gasteiger partial charge in [0.1, 0.15) is 22.5 Å². The Balaban J connectivity index is 1.58. The molecule has 3 aromatic heterocycles. The molecule has 0 amide bonds. The lowest BCUT2D eigenvalue weighted by atomic mass is 9.89. The van der Waals surface area contributed by atoms with Crippen molar-refractivity contribution in [2.75, 3.05) is 11.9 Å². The third kappa shape index (κ3) is 3.22. The number of halogens is 3. The van der Waals surface area contributed by atoms with Crippen molar-refractivity contribution >= 4 is 51.1 Å². The first-order valence-corrected chi connectivity index (χ1v) is 11.2. The van der Waals surface area contributed by atoms with Crippen LogP contribution in [0.3, 0.4) is 0 Å². The summed E-state index contributed by atoms with van der Waals surface area (Å²) in [6.07, 6.45) is 1.20. The lowest BCUT2D eigenvalue weighted by Gasteiger charge is -2.37. The lowest BCUT2D eigenvalue weighted by molar-refractivity contribution is 0.184. The fraction of sp³-hybridized carbons (Fsp3) is 0.429. The smallest absolute Gasteiger partial charge is 0.177 e. The molecule has 0 radical (unpaired) electrons. The average molecular weight is 477 g/mol. The van der Waals surface area contributed by atoms with Gasteiger partial charge in [-0.2, -0.15) is 10.2 Å². The number of alkyl halides is 1. The van der Waals surface area contributed by atoms with E-state index in [1.54, 1.807) is 11.7 Å².